The lowest BCUT2D eigenvalue weighted by molar-refractivity contribution is -0.164. The van der Waals surface area contributed by atoms with Crippen LogP contribution in [0.2, 0.25) is 0 Å². The van der Waals surface area contributed by atoms with E-state index in [0.29, 0.717) is 12.8 Å². The first-order valence-electron chi connectivity index (χ1n) is 31.8. The van der Waals surface area contributed by atoms with Gasteiger partial charge in [0.1, 0.15) is 66.5 Å². The molecule has 508 valence electrons. The Kier molecular flexibility index (Phi) is 32.8. The largest absolute Gasteiger partial charge is 0.460 e. The third-order valence-corrected chi connectivity index (χ3v) is 16.6. The Morgan fingerprint density at radius 2 is 0.899 bits per heavy atom. The number of nitrogens with zero attached hydrogens (tertiary/aromatic N) is 7. The fraction of sp³-hybridized carbons (Fsp3) is 0.785. The third kappa shape index (κ3) is 23.3. The average molecular weight is 1260 g/mol. The van der Waals surface area contributed by atoms with E-state index in [1.54, 1.807) is 41.5 Å². The first kappa shape index (κ1) is 80.4. The van der Waals surface area contributed by atoms with Crippen LogP contribution in [0.5, 0.6) is 0 Å². The Hall–Kier alpha value is -6.62. The lowest BCUT2D eigenvalue weighted by Gasteiger charge is -2.42. The van der Waals surface area contributed by atoms with E-state index < -0.39 is 162 Å². The van der Waals surface area contributed by atoms with Gasteiger partial charge in [-0.25, -0.2) is 0 Å². The quantitative estimate of drug-likeness (QED) is 0.117. The van der Waals surface area contributed by atoms with Gasteiger partial charge in [-0.1, -0.05) is 103 Å². The molecule has 1 saturated heterocycles. The van der Waals surface area contributed by atoms with Gasteiger partial charge in [0, 0.05) is 56.3 Å². The number of rotatable bonds is 17. The summed E-state index contributed by atoms with van der Waals surface area (Å²) in [6.07, 6.45) is 0.0721. The average Bonchev–Trinajstić information content (AvgIpc) is 0.917. The maximum atomic E-state index is 15.4. The molecular weight excluding hydrogens is 1140 g/mol. The van der Waals surface area contributed by atoms with E-state index in [9.17, 15) is 38.4 Å². The predicted octanol–water partition coefficient (Wildman–Crippen LogP) is 4.23. The molecule has 0 bridgehead atoms. The molecule has 1 rings (SSSR count). The van der Waals surface area contributed by atoms with Gasteiger partial charge in [0.2, 0.25) is 65.0 Å². The molecule has 12 atom stereocenters. The number of carbonyl (C=O) groups excluding carboxylic acids is 12. The Morgan fingerprint density at radius 3 is 1.34 bits per heavy atom. The standard InChI is InChI=1S/C65H115N11O13/c1-27-46-61(84)70(20)34-51(78)71(21)47(30-36(4)5)58(81)69-52(40(12)13)64(87)72(22)48(31-37(6)7)57(80)66-43(17)56(79)67-44(18)60(83)73(23)49(32-38(8)9)62(85)74(24)50(33-39(10)11)63(86)75(25)53(41(14)15)65(88)76(26)54(59(82)68-46)55(89-45(19)77)42(16)29-28-35(2)3/h36-44,46-50,52-55H,2,27-34H2,1,3-26H3,(H,66,80)(H,67,79)(H,68,82)(H,69,81)/t42-,43+,44-,46+,47+,48+,49+,50+,52+,53+,54+,55-/m1/s1. The van der Waals surface area contributed by atoms with Crippen molar-refractivity contribution in [2.45, 2.75) is 236 Å². The Labute approximate surface area is 532 Å². The van der Waals surface area contributed by atoms with Crippen LogP contribution in [0.25, 0.3) is 0 Å². The molecular formula is C65H115N11O13. The second kappa shape index (κ2) is 36.3. The van der Waals surface area contributed by atoms with Crippen LogP contribution in [-0.4, -0.2) is 228 Å². The van der Waals surface area contributed by atoms with E-state index in [-0.39, 0.29) is 55.8 Å². The van der Waals surface area contributed by atoms with Crippen LogP contribution in [0.4, 0.5) is 0 Å². The van der Waals surface area contributed by atoms with Gasteiger partial charge in [-0.15, -0.1) is 6.58 Å². The van der Waals surface area contributed by atoms with Crippen molar-refractivity contribution in [3.05, 3.63) is 12.2 Å². The molecule has 1 heterocycles. The van der Waals surface area contributed by atoms with Crippen molar-refractivity contribution in [1.82, 2.24) is 55.6 Å². The number of hydrogen-bond donors (Lipinski definition) is 4. The number of amides is 11. The van der Waals surface area contributed by atoms with E-state index in [2.05, 4.69) is 27.8 Å². The molecule has 0 radical (unpaired) electrons. The van der Waals surface area contributed by atoms with Crippen molar-refractivity contribution in [1.29, 1.82) is 0 Å². The number of carbonyl (C=O) groups is 12. The minimum absolute atomic E-state index is 0.00568. The summed E-state index contributed by atoms with van der Waals surface area (Å²) in [4.78, 5) is 183. The van der Waals surface area contributed by atoms with Crippen LogP contribution in [0.1, 0.15) is 170 Å². The highest BCUT2D eigenvalue weighted by Gasteiger charge is 2.47. The van der Waals surface area contributed by atoms with Crippen LogP contribution < -0.4 is 21.3 Å². The molecule has 0 aliphatic carbocycles. The summed E-state index contributed by atoms with van der Waals surface area (Å²) in [7, 11) is 9.89. The summed E-state index contributed by atoms with van der Waals surface area (Å²) in [6.45, 7) is 34.5. The van der Waals surface area contributed by atoms with Crippen molar-refractivity contribution >= 4 is 70.9 Å². The smallest absolute Gasteiger partial charge is 0.303 e. The van der Waals surface area contributed by atoms with Crippen LogP contribution in [-0.2, 0) is 62.3 Å². The lowest BCUT2D eigenvalue weighted by atomic mass is 9.89. The number of allylic oxidation sites excluding steroid dienone is 1. The molecule has 0 spiro atoms. The van der Waals surface area contributed by atoms with E-state index in [0.717, 1.165) is 15.4 Å². The van der Waals surface area contributed by atoms with Crippen molar-refractivity contribution in [3.8, 4) is 0 Å². The number of hydrogen-bond acceptors (Lipinski definition) is 13. The minimum Gasteiger partial charge on any atom is -0.460 e. The van der Waals surface area contributed by atoms with Crippen molar-refractivity contribution in [2.75, 3.05) is 55.9 Å². The van der Waals surface area contributed by atoms with Gasteiger partial charge in [-0.2, -0.15) is 0 Å². The number of ether oxygens (including phenoxy) is 1. The highest BCUT2D eigenvalue weighted by Crippen LogP contribution is 2.28. The number of likely N-dealkylation sites (N-methyl/N-ethyl adjacent to an activating group) is 7. The monoisotopic (exact) mass is 1260 g/mol. The van der Waals surface area contributed by atoms with Crippen molar-refractivity contribution < 1.29 is 62.3 Å². The third-order valence-electron chi connectivity index (χ3n) is 16.6. The molecule has 0 saturated carbocycles. The number of esters is 1. The highest BCUT2D eigenvalue weighted by molar-refractivity contribution is 5.99. The molecule has 24 nitrogen and oxygen atoms in total. The van der Waals surface area contributed by atoms with Crippen molar-refractivity contribution in [2.24, 2.45) is 41.4 Å². The summed E-state index contributed by atoms with van der Waals surface area (Å²) in [5.74, 6) is -10.7. The molecule has 0 aromatic heterocycles. The van der Waals surface area contributed by atoms with E-state index >= 15 is 19.2 Å². The van der Waals surface area contributed by atoms with E-state index in [1.807, 2.05) is 62.3 Å². The zero-order chi connectivity index (χ0) is 69.1. The van der Waals surface area contributed by atoms with Gasteiger partial charge >= 0.3 is 5.97 Å². The molecule has 1 fully saturated rings. The molecule has 0 aromatic carbocycles. The normalized spacial score (nSPS) is 26.0. The second-order valence-corrected chi connectivity index (χ2v) is 27.4. The Balaban J connectivity index is 4.45. The molecule has 24 heteroatoms. The van der Waals surface area contributed by atoms with Gasteiger partial charge in [0.05, 0.1) is 6.54 Å². The molecule has 4 N–H and O–H groups in total. The highest BCUT2D eigenvalue weighted by atomic mass is 16.5. The zero-order valence-electron chi connectivity index (χ0n) is 58.7. The summed E-state index contributed by atoms with van der Waals surface area (Å²) in [5.41, 5.74) is 0.807. The maximum Gasteiger partial charge on any atom is 0.303 e. The van der Waals surface area contributed by atoms with E-state index in [1.165, 1.54) is 94.6 Å². The minimum atomic E-state index is -1.61. The van der Waals surface area contributed by atoms with E-state index in [4.69, 9.17) is 4.74 Å². The van der Waals surface area contributed by atoms with Gasteiger partial charge in [-0.05, 0) is 107 Å². The molecule has 0 aromatic rings. The van der Waals surface area contributed by atoms with Crippen LogP contribution >= 0.6 is 0 Å². The first-order chi connectivity index (χ1) is 41.0. The Bertz CT molecular complexity index is 2480. The molecule has 0 unspecified atom stereocenters. The molecule has 1 aliphatic heterocycles. The van der Waals surface area contributed by atoms with Gasteiger partial charge in [0.15, 0.2) is 0 Å². The number of nitrogens with one attached hydrogen (secondary N) is 4. The fourth-order valence-electron chi connectivity index (χ4n) is 11.2. The topological polar surface area (TPSA) is 285 Å². The van der Waals surface area contributed by atoms with Crippen molar-refractivity contribution in [3.63, 3.8) is 0 Å². The van der Waals surface area contributed by atoms with Crippen LogP contribution in [0.3, 0.4) is 0 Å². The summed E-state index contributed by atoms with van der Waals surface area (Å²) in [6, 6.07) is -12.5. The van der Waals surface area contributed by atoms with Gasteiger partial charge in [-0.3, -0.25) is 57.5 Å². The van der Waals surface area contributed by atoms with Crippen LogP contribution in [0, 0.1) is 41.4 Å². The maximum absolute atomic E-state index is 15.4. The SMILES string of the molecule is C=C(C)CC[C@@H](C)[C@@H](OC(C)=O)[C@H]1C(=O)N[C@@H](CC)C(=O)N(C)CC(=O)N(C)[C@@H](CC(C)C)C(=O)N[C@@H](C(C)C)C(=O)N(C)[C@@H](CC(C)C)C(=O)N[C@@H](C)C(=O)N[C@H](C)C(=O)N(C)[C@@H](CC(C)C)C(=O)N(C)[C@@H](CC(C)C)C(=O)N(C)[C@@H](C(C)C)C(=O)N1C. The second-order valence-electron chi connectivity index (χ2n) is 27.4. The zero-order valence-corrected chi connectivity index (χ0v) is 58.7. The lowest BCUT2D eigenvalue weighted by Crippen LogP contribution is -2.64. The van der Waals surface area contributed by atoms with Gasteiger partial charge < -0.3 is 60.3 Å². The summed E-state index contributed by atoms with van der Waals surface area (Å²) >= 11 is 0. The first-order valence-corrected chi connectivity index (χ1v) is 31.8. The molecule has 89 heavy (non-hydrogen) atoms. The Morgan fingerprint density at radius 1 is 0.483 bits per heavy atom. The molecule has 1 aliphatic rings. The summed E-state index contributed by atoms with van der Waals surface area (Å²) in [5, 5.41) is 11.0. The molecule has 11 amide bonds. The van der Waals surface area contributed by atoms with Gasteiger partial charge in [0.25, 0.3) is 0 Å². The summed E-state index contributed by atoms with van der Waals surface area (Å²) < 4.78 is 5.97. The predicted molar refractivity (Wildman–Crippen MR) is 343 cm³/mol. The van der Waals surface area contributed by atoms with Crippen LogP contribution in [0.15, 0.2) is 12.2 Å². The fourth-order valence-corrected chi connectivity index (χ4v) is 11.2.